The Hall–Kier alpha value is -0.420. The van der Waals surface area contributed by atoms with Crippen molar-refractivity contribution in [3.8, 4) is 0 Å². The van der Waals surface area contributed by atoms with Crippen LogP contribution < -0.4 is 5.09 Å². The van der Waals surface area contributed by atoms with Gasteiger partial charge in [0, 0.05) is 7.11 Å². The van der Waals surface area contributed by atoms with Crippen LogP contribution in [-0.2, 0) is 23.4 Å². The maximum atomic E-state index is 12.4. The average Bonchev–Trinajstić information content (AvgIpc) is 2.14. The SMILES string of the molecule is COCP(=O)(NC(C)C(=O)OC(C)C)OC(C)C. The first kappa shape index (κ1) is 17.6. The first-order valence-electron chi connectivity index (χ1n) is 5.95. The topological polar surface area (TPSA) is 73.9 Å². The van der Waals surface area contributed by atoms with E-state index >= 15 is 0 Å². The van der Waals surface area contributed by atoms with Crippen LogP contribution in [0, 0.1) is 0 Å². The highest BCUT2D eigenvalue weighted by Crippen LogP contribution is 2.44. The summed E-state index contributed by atoms with van der Waals surface area (Å²) in [6.45, 7) is 8.62. The maximum Gasteiger partial charge on any atom is 0.323 e. The summed E-state index contributed by atoms with van der Waals surface area (Å²) < 4.78 is 27.6. The Morgan fingerprint density at radius 2 is 1.72 bits per heavy atom. The largest absolute Gasteiger partial charge is 0.462 e. The summed E-state index contributed by atoms with van der Waals surface area (Å²) in [5.74, 6) is -0.464. The van der Waals surface area contributed by atoms with Gasteiger partial charge in [-0.3, -0.25) is 9.36 Å². The van der Waals surface area contributed by atoms with Crippen LogP contribution >= 0.6 is 7.52 Å². The number of esters is 1. The summed E-state index contributed by atoms with van der Waals surface area (Å²) >= 11 is 0. The summed E-state index contributed by atoms with van der Waals surface area (Å²) in [4.78, 5) is 11.6. The van der Waals surface area contributed by atoms with Crippen LogP contribution in [0.25, 0.3) is 0 Å². The summed E-state index contributed by atoms with van der Waals surface area (Å²) in [5.41, 5.74) is 0. The molecule has 2 atom stereocenters. The van der Waals surface area contributed by atoms with Crippen LogP contribution in [0.4, 0.5) is 0 Å². The zero-order valence-electron chi connectivity index (χ0n) is 11.9. The van der Waals surface area contributed by atoms with Gasteiger partial charge >= 0.3 is 5.97 Å². The van der Waals surface area contributed by atoms with Crippen molar-refractivity contribution < 1.29 is 23.4 Å². The Morgan fingerprint density at radius 3 is 2.11 bits per heavy atom. The number of methoxy groups -OCH3 is 1. The summed E-state index contributed by atoms with van der Waals surface area (Å²) in [5, 5.41) is 2.66. The summed E-state index contributed by atoms with van der Waals surface area (Å²) in [6, 6.07) is -0.716. The molecule has 7 heteroatoms. The minimum atomic E-state index is -3.20. The van der Waals surface area contributed by atoms with E-state index in [1.165, 1.54) is 7.11 Å². The molecular weight excluding hydrogens is 257 g/mol. The van der Waals surface area contributed by atoms with E-state index in [4.69, 9.17) is 14.0 Å². The van der Waals surface area contributed by atoms with E-state index in [1.54, 1.807) is 34.6 Å². The first-order valence-corrected chi connectivity index (χ1v) is 7.76. The van der Waals surface area contributed by atoms with Crippen molar-refractivity contribution in [2.45, 2.75) is 52.9 Å². The average molecular weight is 281 g/mol. The molecule has 0 bridgehead atoms. The van der Waals surface area contributed by atoms with Crippen molar-refractivity contribution in [2.75, 3.05) is 13.5 Å². The van der Waals surface area contributed by atoms with Crippen molar-refractivity contribution in [3.63, 3.8) is 0 Å². The molecule has 0 aromatic heterocycles. The first-order chi connectivity index (χ1) is 8.20. The van der Waals surface area contributed by atoms with Crippen LogP contribution in [0.1, 0.15) is 34.6 Å². The van der Waals surface area contributed by atoms with Gasteiger partial charge in [0.2, 0.25) is 0 Å². The van der Waals surface area contributed by atoms with Gasteiger partial charge in [0.25, 0.3) is 7.52 Å². The van der Waals surface area contributed by atoms with Gasteiger partial charge in [0.15, 0.2) is 0 Å². The van der Waals surface area contributed by atoms with Crippen LogP contribution in [0.15, 0.2) is 0 Å². The van der Waals surface area contributed by atoms with Crippen LogP contribution in [0.2, 0.25) is 0 Å². The van der Waals surface area contributed by atoms with E-state index in [1.807, 2.05) is 0 Å². The molecule has 0 spiro atoms. The van der Waals surface area contributed by atoms with Gasteiger partial charge in [-0.25, -0.2) is 5.09 Å². The molecule has 0 aliphatic heterocycles. The lowest BCUT2D eigenvalue weighted by Gasteiger charge is -2.24. The molecular formula is C11H24NO5P. The molecule has 108 valence electrons. The van der Waals surface area contributed by atoms with E-state index in [2.05, 4.69) is 5.09 Å². The fraction of sp³-hybridized carbons (Fsp3) is 0.909. The molecule has 2 unspecified atom stereocenters. The lowest BCUT2D eigenvalue weighted by atomic mass is 10.4. The normalized spacial score (nSPS) is 16.7. The van der Waals surface area contributed by atoms with E-state index in [0.717, 1.165) is 0 Å². The Morgan fingerprint density at radius 1 is 1.17 bits per heavy atom. The van der Waals surface area contributed by atoms with Crippen molar-refractivity contribution in [1.29, 1.82) is 0 Å². The van der Waals surface area contributed by atoms with Gasteiger partial charge in [-0.2, -0.15) is 0 Å². The lowest BCUT2D eigenvalue weighted by Crippen LogP contribution is -2.36. The minimum Gasteiger partial charge on any atom is -0.462 e. The van der Waals surface area contributed by atoms with Gasteiger partial charge in [0.05, 0.1) is 12.2 Å². The van der Waals surface area contributed by atoms with E-state index < -0.39 is 19.5 Å². The smallest absolute Gasteiger partial charge is 0.323 e. The number of rotatable bonds is 8. The molecule has 0 aliphatic rings. The second kappa shape index (κ2) is 7.89. The number of carbonyl (C=O) groups is 1. The zero-order valence-corrected chi connectivity index (χ0v) is 12.8. The fourth-order valence-electron chi connectivity index (χ4n) is 1.29. The Balaban J connectivity index is 4.57. The zero-order chi connectivity index (χ0) is 14.3. The predicted octanol–water partition coefficient (Wildman–Crippen LogP) is 2.14. The molecule has 0 aromatic rings. The molecule has 0 heterocycles. The fourth-order valence-corrected chi connectivity index (χ4v) is 3.20. The molecule has 0 fully saturated rings. The molecule has 18 heavy (non-hydrogen) atoms. The van der Waals surface area contributed by atoms with Gasteiger partial charge in [-0.05, 0) is 34.6 Å². The van der Waals surface area contributed by atoms with Crippen LogP contribution in [-0.4, -0.2) is 37.7 Å². The number of nitrogens with one attached hydrogen (secondary N) is 1. The van der Waals surface area contributed by atoms with Gasteiger partial charge in [-0.1, -0.05) is 0 Å². The number of ether oxygens (including phenoxy) is 2. The number of hydrogen-bond acceptors (Lipinski definition) is 5. The maximum absolute atomic E-state index is 12.4. The molecule has 0 radical (unpaired) electrons. The predicted molar refractivity (Wildman–Crippen MR) is 69.5 cm³/mol. The quantitative estimate of drug-likeness (QED) is 0.543. The van der Waals surface area contributed by atoms with Crippen LogP contribution in [0.5, 0.6) is 0 Å². The Kier molecular flexibility index (Phi) is 7.71. The highest BCUT2D eigenvalue weighted by molar-refractivity contribution is 7.56. The number of hydrogen-bond donors (Lipinski definition) is 1. The number of carbonyl (C=O) groups excluding carboxylic acids is 1. The standard InChI is InChI=1S/C11H24NO5P/c1-8(2)16-11(13)10(5)12-18(14,7-15-6)17-9(3)4/h8-10H,7H2,1-6H3,(H,12,14). The van der Waals surface area contributed by atoms with Crippen molar-refractivity contribution >= 4 is 13.5 Å². The van der Waals surface area contributed by atoms with Gasteiger partial charge in [-0.15, -0.1) is 0 Å². The Labute approximate surface area is 109 Å². The van der Waals surface area contributed by atoms with E-state index in [9.17, 15) is 9.36 Å². The van der Waals surface area contributed by atoms with E-state index in [-0.39, 0.29) is 18.6 Å². The molecule has 6 nitrogen and oxygen atoms in total. The summed E-state index contributed by atoms with van der Waals surface area (Å²) in [7, 11) is -1.78. The highest BCUT2D eigenvalue weighted by Gasteiger charge is 2.30. The second-order valence-corrected chi connectivity index (χ2v) is 6.66. The van der Waals surface area contributed by atoms with Crippen molar-refractivity contribution in [2.24, 2.45) is 0 Å². The molecule has 0 saturated carbocycles. The van der Waals surface area contributed by atoms with Crippen molar-refractivity contribution in [1.82, 2.24) is 5.09 Å². The van der Waals surface area contributed by atoms with Gasteiger partial charge < -0.3 is 14.0 Å². The molecule has 0 aliphatic carbocycles. The van der Waals surface area contributed by atoms with Crippen LogP contribution in [0.3, 0.4) is 0 Å². The summed E-state index contributed by atoms with van der Waals surface area (Å²) in [6.07, 6.45) is -0.536. The Bertz CT molecular complexity index is 306. The third-order valence-electron chi connectivity index (χ3n) is 1.78. The third-order valence-corrected chi connectivity index (χ3v) is 3.92. The highest BCUT2D eigenvalue weighted by atomic mass is 31.2. The molecule has 0 aromatic carbocycles. The third kappa shape index (κ3) is 7.11. The molecule has 0 saturated heterocycles. The van der Waals surface area contributed by atoms with Gasteiger partial charge in [0.1, 0.15) is 12.4 Å². The minimum absolute atomic E-state index is 0.0928. The molecule has 1 N–H and O–H groups in total. The molecule has 0 amide bonds. The molecule has 0 rings (SSSR count). The van der Waals surface area contributed by atoms with Crippen molar-refractivity contribution in [3.05, 3.63) is 0 Å². The monoisotopic (exact) mass is 281 g/mol. The van der Waals surface area contributed by atoms with E-state index in [0.29, 0.717) is 0 Å². The second-order valence-electron chi connectivity index (χ2n) is 4.58. The lowest BCUT2D eigenvalue weighted by molar-refractivity contribution is -0.149.